The Kier molecular flexibility index (Phi) is 12.9. The number of hydrogen-bond donors (Lipinski definition) is 3. The summed E-state index contributed by atoms with van der Waals surface area (Å²) in [5.41, 5.74) is 9.67. The minimum Gasteiger partial charge on any atom is -0.508 e. The number of ether oxygens (including phenoxy) is 3. The number of likely N-dealkylation sites (N-methyl/N-ethyl adjacent to an activating group) is 1. The number of aromatic nitrogens is 2. The molecule has 3 aliphatic heterocycles. The van der Waals surface area contributed by atoms with Gasteiger partial charge in [0.15, 0.2) is 0 Å². The van der Waals surface area contributed by atoms with Gasteiger partial charge in [0, 0.05) is 61.7 Å². The number of esters is 1. The average Bonchev–Trinajstić information content (AvgIpc) is 3.52. The highest BCUT2D eigenvalue weighted by atomic mass is 16.5. The van der Waals surface area contributed by atoms with E-state index in [4.69, 9.17) is 19.2 Å². The Hall–Kier alpha value is -5.31. The molecule has 14 nitrogen and oxygen atoms in total. The molecule has 326 valence electrons. The lowest BCUT2D eigenvalue weighted by Crippen LogP contribution is -2.62. The van der Waals surface area contributed by atoms with Crippen LogP contribution < -0.4 is 10.7 Å². The van der Waals surface area contributed by atoms with Gasteiger partial charge < -0.3 is 34.1 Å². The van der Waals surface area contributed by atoms with E-state index in [0.29, 0.717) is 51.1 Å². The van der Waals surface area contributed by atoms with Gasteiger partial charge in [0.25, 0.3) is 5.91 Å². The number of aromatic hydroxyl groups is 1. The first kappa shape index (κ1) is 43.8. The number of benzene rings is 2. The van der Waals surface area contributed by atoms with Crippen LogP contribution in [0.3, 0.4) is 0 Å². The van der Waals surface area contributed by atoms with Gasteiger partial charge in [0.05, 0.1) is 43.2 Å². The van der Waals surface area contributed by atoms with Crippen LogP contribution in [-0.4, -0.2) is 107 Å². The lowest BCUT2D eigenvalue weighted by molar-refractivity contribution is -0.156. The second kappa shape index (κ2) is 18.0. The standard InChI is InChI=1S/C47H60N6O8/c1-9-52-39-15-14-30-22-35(39)36(42(52)34-12-10-16-48-40(34)28(4)59-8)23-47(5,6)26-61-46(58)37-13-11-17-53(50-37)45(57)38(20-29-18-31(30)21-33(54)19-29)49-43(55)41(27(2)3)51(7)44(56)32-24-60-25-32/h10,12,14-16,18-19,21-22,27-28,32,37-38,41,50,54H,9,11,13,17,20,23-26H2,1-8H3,(H,49,55)/t28-,37-,38-,41-/m0/s1. The number of hydrazine groups is 1. The van der Waals surface area contributed by atoms with Crippen LogP contribution in [0.2, 0.25) is 0 Å². The Labute approximate surface area is 357 Å². The molecule has 4 aromatic rings. The van der Waals surface area contributed by atoms with Crippen LogP contribution in [0.5, 0.6) is 5.75 Å². The number of nitrogens with one attached hydrogen (secondary N) is 2. The van der Waals surface area contributed by atoms with E-state index in [1.807, 2.05) is 39.0 Å². The molecule has 3 aliphatic rings. The Morgan fingerprint density at radius 1 is 1.10 bits per heavy atom. The Morgan fingerprint density at radius 2 is 1.87 bits per heavy atom. The van der Waals surface area contributed by atoms with Crippen molar-refractivity contribution in [3.05, 3.63) is 71.5 Å². The quantitative estimate of drug-likeness (QED) is 0.181. The number of methoxy groups -OCH3 is 1. The van der Waals surface area contributed by atoms with Gasteiger partial charge in [-0.15, -0.1) is 0 Å². The number of aryl methyl sites for hydroxylation is 1. The summed E-state index contributed by atoms with van der Waals surface area (Å²) < 4.78 is 19.4. The Bertz CT molecular complexity index is 2300. The molecule has 0 saturated carbocycles. The van der Waals surface area contributed by atoms with Crippen molar-refractivity contribution >= 4 is 34.6 Å². The minimum atomic E-state index is -1.11. The molecule has 0 spiro atoms. The summed E-state index contributed by atoms with van der Waals surface area (Å²) in [5, 5.41) is 16.7. The minimum absolute atomic E-state index is 0.00765. The highest BCUT2D eigenvalue weighted by Crippen LogP contribution is 2.42. The maximum atomic E-state index is 14.6. The Balaban J connectivity index is 1.35. The van der Waals surface area contributed by atoms with Crippen LogP contribution >= 0.6 is 0 Å². The van der Waals surface area contributed by atoms with Crippen LogP contribution in [0, 0.1) is 17.3 Å². The van der Waals surface area contributed by atoms with Crippen molar-refractivity contribution < 1.29 is 38.5 Å². The van der Waals surface area contributed by atoms with Gasteiger partial charge in [-0.1, -0.05) is 39.8 Å². The number of cyclic esters (lactones) is 1. The van der Waals surface area contributed by atoms with Crippen LogP contribution in [0.25, 0.3) is 33.3 Å². The molecule has 0 unspecified atom stereocenters. The van der Waals surface area contributed by atoms with E-state index in [1.165, 1.54) is 9.91 Å². The SMILES string of the molecule is CCn1c(-c2cccnc2[C@H](C)OC)c2c3cc(ccc31)-c1cc(O)cc(c1)C[C@H](NC(=O)[C@H](C(C)C)N(C)C(=O)C1COC1)C(=O)N1CCC[C@H](N1)C(=O)OCC(C)(C)C2. The van der Waals surface area contributed by atoms with Crippen molar-refractivity contribution in [2.45, 2.75) is 98.0 Å². The summed E-state index contributed by atoms with van der Waals surface area (Å²) >= 11 is 0. The van der Waals surface area contributed by atoms with Crippen LogP contribution in [-0.2, 0) is 52.8 Å². The summed E-state index contributed by atoms with van der Waals surface area (Å²) in [5.74, 6) is -2.17. The van der Waals surface area contributed by atoms with Gasteiger partial charge in [0.2, 0.25) is 11.8 Å². The van der Waals surface area contributed by atoms with E-state index in [1.54, 1.807) is 32.5 Å². The largest absolute Gasteiger partial charge is 0.508 e. The van der Waals surface area contributed by atoms with E-state index < -0.39 is 41.3 Å². The highest BCUT2D eigenvalue weighted by Gasteiger charge is 2.40. The molecule has 2 fully saturated rings. The number of nitrogens with zero attached hydrogens (tertiary/aromatic N) is 4. The molecule has 14 heteroatoms. The van der Waals surface area contributed by atoms with E-state index in [9.17, 15) is 24.3 Å². The zero-order chi connectivity index (χ0) is 43.7. The summed E-state index contributed by atoms with van der Waals surface area (Å²) in [7, 11) is 3.28. The van der Waals surface area contributed by atoms with E-state index in [0.717, 1.165) is 44.5 Å². The first-order valence-electron chi connectivity index (χ1n) is 21.5. The fourth-order valence-corrected chi connectivity index (χ4v) is 9.05. The first-order chi connectivity index (χ1) is 29.1. The number of hydrogen-bond acceptors (Lipinski definition) is 10. The third-order valence-corrected chi connectivity index (χ3v) is 12.3. The number of phenolic OH excluding ortho intramolecular Hbond substituents is 1. The second-order valence-corrected chi connectivity index (χ2v) is 17.9. The zero-order valence-electron chi connectivity index (χ0n) is 36.6. The molecule has 4 atom stereocenters. The van der Waals surface area contributed by atoms with E-state index in [-0.39, 0.29) is 42.6 Å². The van der Waals surface area contributed by atoms with Crippen molar-refractivity contribution in [3.8, 4) is 28.1 Å². The number of rotatable bonds is 9. The lowest BCUT2D eigenvalue weighted by atomic mass is 9.84. The van der Waals surface area contributed by atoms with Gasteiger partial charge in [-0.25, -0.2) is 5.43 Å². The number of fused-ring (bicyclic) bond motifs is 6. The molecule has 3 N–H and O–H groups in total. The molecule has 3 amide bonds. The van der Waals surface area contributed by atoms with E-state index in [2.05, 4.69) is 54.3 Å². The number of carbonyl (C=O) groups excluding carboxylic acids is 4. The van der Waals surface area contributed by atoms with Crippen LogP contribution in [0.1, 0.15) is 77.3 Å². The molecule has 6 bridgehead atoms. The van der Waals surface area contributed by atoms with Crippen molar-refractivity contribution in [2.24, 2.45) is 17.3 Å². The van der Waals surface area contributed by atoms with Gasteiger partial charge in [-0.2, -0.15) is 0 Å². The summed E-state index contributed by atoms with van der Waals surface area (Å²) in [6.07, 6.45) is 3.08. The number of phenols is 1. The molecule has 5 heterocycles. The summed E-state index contributed by atoms with van der Waals surface area (Å²) in [6, 6.07) is 12.8. The predicted molar refractivity (Wildman–Crippen MR) is 231 cm³/mol. The molecule has 0 radical (unpaired) electrons. The molecular weight excluding hydrogens is 777 g/mol. The van der Waals surface area contributed by atoms with Crippen molar-refractivity contribution in [1.29, 1.82) is 0 Å². The molecular formula is C47H60N6O8. The van der Waals surface area contributed by atoms with Gasteiger partial charge >= 0.3 is 5.97 Å². The maximum absolute atomic E-state index is 14.6. The van der Waals surface area contributed by atoms with Crippen LogP contribution in [0.4, 0.5) is 0 Å². The normalized spacial score (nSPS) is 20.7. The lowest BCUT2D eigenvalue weighted by Gasteiger charge is -2.37. The third-order valence-electron chi connectivity index (χ3n) is 12.3. The second-order valence-electron chi connectivity index (χ2n) is 17.9. The van der Waals surface area contributed by atoms with Crippen LogP contribution in [0.15, 0.2) is 54.7 Å². The summed E-state index contributed by atoms with van der Waals surface area (Å²) in [4.78, 5) is 62.2. The van der Waals surface area contributed by atoms with Gasteiger partial charge in [-0.05, 0) is 97.7 Å². The zero-order valence-corrected chi connectivity index (χ0v) is 36.6. The fourth-order valence-electron chi connectivity index (χ4n) is 9.05. The highest BCUT2D eigenvalue weighted by molar-refractivity contribution is 5.96. The molecule has 0 aliphatic carbocycles. The van der Waals surface area contributed by atoms with Crippen molar-refractivity contribution in [3.63, 3.8) is 0 Å². The molecule has 2 aromatic carbocycles. The summed E-state index contributed by atoms with van der Waals surface area (Å²) in [6.45, 7) is 13.7. The molecule has 2 aromatic heterocycles. The molecule has 2 saturated heterocycles. The smallest absolute Gasteiger partial charge is 0.324 e. The monoisotopic (exact) mass is 836 g/mol. The number of pyridine rings is 1. The predicted octanol–water partition coefficient (Wildman–Crippen LogP) is 5.58. The van der Waals surface area contributed by atoms with Gasteiger partial charge in [0.1, 0.15) is 23.9 Å². The topological polar surface area (TPSA) is 165 Å². The molecule has 61 heavy (non-hydrogen) atoms. The average molecular weight is 837 g/mol. The number of carbonyl (C=O) groups is 4. The fraction of sp³-hybridized carbons (Fsp3) is 0.511. The van der Waals surface area contributed by atoms with Crippen molar-refractivity contribution in [2.75, 3.05) is 40.5 Å². The first-order valence-corrected chi connectivity index (χ1v) is 21.5. The third kappa shape index (κ3) is 9.03. The van der Waals surface area contributed by atoms with Crippen molar-refractivity contribution in [1.82, 2.24) is 30.2 Å². The Morgan fingerprint density at radius 3 is 2.56 bits per heavy atom. The molecule has 7 rings (SSSR count). The maximum Gasteiger partial charge on any atom is 0.324 e. The van der Waals surface area contributed by atoms with E-state index >= 15 is 0 Å². The number of amides is 3. The van der Waals surface area contributed by atoms with Gasteiger partial charge in [-0.3, -0.25) is 29.2 Å².